The molecule has 0 aliphatic heterocycles. The van der Waals surface area contributed by atoms with Crippen molar-refractivity contribution in [2.24, 2.45) is 0 Å². The maximum absolute atomic E-state index is 4.35. The molecule has 1 aromatic heterocycles. The summed E-state index contributed by atoms with van der Waals surface area (Å²) in [7, 11) is 0. The van der Waals surface area contributed by atoms with Gasteiger partial charge in [-0.05, 0) is 6.92 Å². The van der Waals surface area contributed by atoms with E-state index in [0.717, 1.165) is 5.69 Å². The summed E-state index contributed by atoms with van der Waals surface area (Å²) < 4.78 is 4.35. The first-order valence-electron chi connectivity index (χ1n) is 2.63. The molecule has 0 aliphatic carbocycles. The molecule has 1 heterocycles. The van der Waals surface area contributed by atoms with Crippen molar-refractivity contribution >= 4 is 0 Å². The lowest BCUT2D eigenvalue weighted by molar-refractivity contribution is 0.393. The van der Waals surface area contributed by atoms with E-state index in [1.54, 1.807) is 0 Å². The van der Waals surface area contributed by atoms with Gasteiger partial charge in [-0.2, -0.15) is 0 Å². The van der Waals surface area contributed by atoms with Crippen molar-refractivity contribution in [3.8, 4) is 0 Å². The zero-order valence-electron chi connectivity index (χ0n) is 5.38. The van der Waals surface area contributed by atoms with E-state index in [0.29, 0.717) is 0 Å². The summed E-state index contributed by atoms with van der Waals surface area (Å²) in [6, 6.07) is 0. The molecule has 0 aromatic carbocycles. The van der Waals surface area contributed by atoms with Gasteiger partial charge >= 0.3 is 0 Å². The fourth-order valence-corrected chi connectivity index (χ4v) is 0.211. The second-order valence-corrected chi connectivity index (χ2v) is 1.05. The first-order valence-corrected chi connectivity index (χ1v) is 2.63. The summed E-state index contributed by atoms with van der Waals surface area (Å²) in [6.07, 6.45) is 1.49. The predicted molar refractivity (Wildman–Crippen MR) is 30.4 cm³/mol. The van der Waals surface area contributed by atoms with E-state index >= 15 is 0 Å². The van der Waals surface area contributed by atoms with Gasteiger partial charge in [0.2, 0.25) is 0 Å². The Labute approximate surface area is 48.7 Å². The summed E-state index contributed by atoms with van der Waals surface area (Å²) in [5.41, 5.74) is 0.815. The molecule has 0 spiro atoms. The average molecular weight is 114 g/mol. The summed E-state index contributed by atoms with van der Waals surface area (Å²) in [4.78, 5) is 0. The third-order valence-corrected chi connectivity index (χ3v) is 0.469. The summed E-state index contributed by atoms with van der Waals surface area (Å²) in [6.45, 7) is 5.82. The molecule has 0 atom stereocenters. The Kier molecular flexibility index (Phi) is 3.84. The molecule has 0 aliphatic rings. The molecular formula is C5H10N2O. The second kappa shape index (κ2) is 4.30. The molecule has 0 radical (unpaired) electrons. The van der Waals surface area contributed by atoms with Gasteiger partial charge in [0.05, 0.1) is 0 Å². The van der Waals surface area contributed by atoms with Gasteiger partial charge in [-0.25, -0.2) is 0 Å². The van der Waals surface area contributed by atoms with Crippen LogP contribution in [-0.2, 0) is 0 Å². The first-order chi connectivity index (χ1) is 3.89. The largest absolute Gasteiger partial charge is 0.345 e. The molecule has 0 amide bonds. The van der Waals surface area contributed by atoms with E-state index in [1.807, 2.05) is 20.8 Å². The molecule has 1 rings (SSSR count). The molecule has 0 bridgehead atoms. The minimum Gasteiger partial charge on any atom is -0.345 e. The van der Waals surface area contributed by atoms with Gasteiger partial charge in [0.15, 0.2) is 0 Å². The number of hydrogen-bond acceptors (Lipinski definition) is 3. The van der Waals surface area contributed by atoms with E-state index in [2.05, 4.69) is 14.9 Å². The van der Waals surface area contributed by atoms with Crippen molar-refractivity contribution in [2.75, 3.05) is 0 Å². The van der Waals surface area contributed by atoms with E-state index in [-0.39, 0.29) is 0 Å². The lowest BCUT2D eigenvalue weighted by Crippen LogP contribution is -1.65. The van der Waals surface area contributed by atoms with Crippen LogP contribution >= 0.6 is 0 Å². The molecule has 8 heavy (non-hydrogen) atoms. The zero-order valence-corrected chi connectivity index (χ0v) is 5.38. The zero-order chi connectivity index (χ0) is 6.41. The summed E-state index contributed by atoms with van der Waals surface area (Å²) in [5, 5.41) is 6.70. The normalized spacial score (nSPS) is 7.38. The van der Waals surface area contributed by atoms with Crippen LogP contribution in [0.4, 0.5) is 0 Å². The summed E-state index contributed by atoms with van der Waals surface area (Å²) >= 11 is 0. The van der Waals surface area contributed by atoms with Crippen molar-refractivity contribution in [3.05, 3.63) is 12.0 Å². The molecule has 46 valence electrons. The third-order valence-electron chi connectivity index (χ3n) is 0.469. The lowest BCUT2D eigenvalue weighted by atomic mass is 10.6. The standard InChI is InChI=1S/C3H4N2O.C2H6/c1-3-2-6-5-4-3;1-2/h2H,1H3;1-2H3. The molecule has 0 N–H and O–H groups in total. The van der Waals surface area contributed by atoms with Gasteiger partial charge < -0.3 is 4.52 Å². The molecule has 3 heteroatoms. The first kappa shape index (κ1) is 7.14. The van der Waals surface area contributed by atoms with E-state index < -0.39 is 0 Å². The summed E-state index contributed by atoms with van der Waals surface area (Å²) in [5.74, 6) is 0. The van der Waals surface area contributed by atoms with Crippen LogP contribution in [0.1, 0.15) is 19.5 Å². The Morgan fingerprint density at radius 3 is 2.25 bits per heavy atom. The van der Waals surface area contributed by atoms with Gasteiger partial charge in [-0.3, -0.25) is 0 Å². The Balaban J connectivity index is 0.000000222. The van der Waals surface area contributed by atoms with E-state index in [9.17, 15) is 0 Å². The molecule has 1 aromatic rings. The number of rotatable bonds is 0. The molecule has 0 saturated carbocycles. The lowest BCUT2D eigenvalue weighted by Gasteiger charge is -1.58. The smallest absolute Gasteiger partial charge is 0.147 e. The number of hydrogen-bond donors (Lipinski definition) is 0. The highest BCUT2D eigenvalue weighted by Crippen LogP contribution is 1.82. The Hall–Kier alpha value is -0.860. The molecule has 0 saturated heterocycles. The highest BCUT2D eigenvalue weighted by atomic mass is 16.5. The van der Waals surface area contributed by atoms with Crippen LogP contribution in [0.2, 0.25) is 0 Å². The van der Waals surface area contributed by atoms with Crippen LogP contribution in [0.15, 0.2) is 10.8 Å². The van der Waals surface area contributed by atoms with Crippen LogP contribution in [0.5, 0.6) is 0 Å². The third kappa shape index (κ3) is 2.34. The number of nitrogens with zero attached hydrogens (tertiary/aromatic N) is 2. The predicted octanol–water partition coefficient (Wildman–Crippen LogP) is 1.40. The SMILES string of the molecule is CC.Cc1conn1. The van der Waals surface area contributed by atoms with Crippen LogP contribution in [0.3, 0.4) is 0 Å². The van der Waals surface area contributed by atoms with Crippen molar-refractivity contribution in [1.82, 2.24) is 10.4 Å². The van der Waals surface area contributed by atoms with Gasteiger partial charge in [0.1, 0.15) is 12.0 Å². The maximum atomic E-state index is 4.35. The Morgan fingerprint density at radius 2 is 2.12 bits per heavy atom. The number of aryl methyl sites for hydroxylation is 1. The van der Waals surface area contributed by atoms with Gasteiger partial charge in [0, 0.05) is 5.27 Å². The van der Waals surface area contributed by atoms with Crippen molar-refractivity contribution in [2.45, 2.75) is 20.8 Å². The second-order valence-electron chi connectivity index (χ2n) is 1.05. The highest BCUT2D eigenvalue weighted by Gasteiger charge is 1.79. The minimum absolute atomic E-state index is 0.815. The van der Waals surface area contributed by atoms with Crippen molar-refractivity contribution in [3.63, 3.8) is 0 Å². The average Bonchev–Trinajstić information content (AvgIpc) is 2.24. The van der Waals surface area contributed by atoms with E-state index in [4.69, 9.17) is 0 Å². The fourth-order valence-electron chi connectivity index (χ4n) is 0.211. The highest BCUT2D eigenvalue weighted by molar-refractivity contribution is 4.79. The fraction of sp³-hybridized carbons (Fsp3) is 0.600. The molecule has 0 unspecified atom stereocenters. The Morgan fingerprint density at radius 1 is 1.50 bits per heavy atom. The van der Waals surface area contributed by atoms with Crippen LogP contribution in [-0.4, -0.2) is 10.4 Å². The minimum atomic E-state index is 0.815. The van der Waals surface area contributed by atoms with Crippen molar-refractivity contribution in [1.29, 1.82) is 0 Å². The monoisotopic (exact) mass is 114 g/mol. The maximum Gasteiger partial charge on any atom is 0.147 e. The van der Waals surface area contributed by atoms with Crippen molar-refractivity contribution < 1.29 is 4.52 Å². The van der Waals surface area contributed by atoms with Gasteiger partial charge in [0.25, 0.3) is 0 Å². The number of aromatic nitrogens is 2. The van der Waals surface area contributed by atoms with Crippen LogP contribution in [0.25, 0.3) is 0 Å². The van der Waals surface area contributed by atoms with Crippen LogP contribution in [0, 0.1) is 6.92 Å². The van der Waals surface area contributed by atoms with Crippen LogP contribution < -0.4 is 0 Å². The topological polar surface area (TPSA) is 38.9 Å². The quantitative estimate of drug-likeness (QED) is 0.511. The Bertz CT molecular complexity index is 114. The molecule has 0 fully saturated rings. The van der Waals surface area contributed by atoms with Gasteiger partial charge in [-0.1, -0.05) is 13.8 Å². The molecular weight excluding hydrogens is 104 g/mol. The molecule has 3 nitrogen and oxygen atoms in total. The van der Waals surface area contributed by atoms with Gasteiger partial charge in [-0.15, -0.1) is 5.10 Å². The van der Waals surface area contributed by atoms with E-state index in [1.165, 1.54) is 6.26 Å².